The number of nitrogens with one attached hydrogen (secondary N) is 2. The van der Waals surface area contributed by atoms with Crippen molar-refractivity contribution >= 4 is 43.2 Å². The number of ether oxygens (including phenoxy) is 1. The summed E-state index contributed by atoms with van der Waals surface area (Å²) in [5.41, 5.74) is 1.05. The molecule has 1 heterocycles. The quantitative estimate of drug-likeness (QED) is 0.364. The number of nitrogens with zero attached hydrogens (tertiary/aromatic N) is 2. The third kappa shape index (κ3) is 7.19. The molecule has 0 aliphatic carbocycles. The van der Waals surface area contributed by atoms with Crippen LogP contribution in [-0.4, -0.2) is 78.3 Å². The van der Waals surface area contributed by atoms with E-state index < -0.39 is 32.0 Å². The number of sulfonamides is 2. The molecule has 1 aliphatic rings. The zero-order valence-corrected chi connectivity index (χ0v) is 24.5. The van der Waals surface area contributed by atoms with Gasteiger partial charge in [0.2, 0.25) is 26.0 Å². The molecule has 0 spiro atoms. The molecule has 0 radical (unpaired) electrons. The first kappa shape index (κ1) is 30.0. The summed E-state index contributed by atoms with van der Waals surface area (Å²) >= 11 is 6.04. The van der Waals surface area contributed by atoms with Gasteiger partial charge in [-0.3, -0.25) is 4.79 Å². The average molecular weight is 607 g/mol. The lowest BCUT2D eigenvalue weighted by Gasteiger charge is -2.31. The van der Waals surface area contributed by atoms with Crippen LogP contribution in [0.2, 0.25) is 5.02 Å². The maximum absolute atomic E-state index is 13.4. The molecule has 3 aromatic carbocycles. The Morgan fingerprint density at radius 3 is 2.23 bits per heavy atom. The number of amides is 1. The van der Waals surface area contributed by atoms with Gasteiger partial charge >= 0.3 is 0 Å². The summed E-state index contributed by atoms with van der Waals surface area (Å²) in [6.07, 6.45) is 0.0602. The van der Waals surface area contributed by atoms with Crippen molar-refractivity contribution < 1.29 is 26.4 Å². The number of hydrogen-bond acceptors (Lipinski definition) is 7. The molecule has 214 valence electrons. The second-order valence-corrected chi connectivity index (χ2v) is 13.4. The van der Waals surface area contributed by atoms with Gasteiger partial charge in [-0.1, -0.05) is 41.9 Å². The topological polar surface area (TPSA) is 125 Å². The van der Waals surface area contributed by atoms with Crippen LogP contribution in [0.15, 0.2) is 82.6 Å². The molecule has 2 N–H and O–H groups in total. The van der Waals surface area contributed by atoms with Crippen LogP contribution in [0.1, 0.15) is 5.56 Å². The fraction of sp³-hybridized carbons (Fsp3) is 0.296. The van der Waals surface area contributed by atoms with Crippen LogP contribution in [0.5, 0.6) is 5.75 Å². The molecule has 0 unspecified atom stereocenters. The first-order valence-corrected chi connectivity index (χ1v) is 15.8. The summed E-state index contributed by atoms with van der Waals surface area (Å²) in [7, 11) is -4.63. The van der Waals surface area contributed by atoms with Crippen LogP contribution in [0.4, 0.5) is 5.69 Å². The van der Waals surface area contributed by atoms with Crippen LogP contribution >= 0.6 is 11.6 Å². The summed E-state index contributed by atoms with van der Waals surface area (Å²) in [4.78, 5) is 15.4. The maximum atomic E-state index is 13.4. The second-order valence-electron chi connectivity index (χ2n) is 9.38. The highest BCUT2D eigenvalue weighted by Crippen LogP contribution is 2.27. The summed E-state index contributed by atoms with van der Waals surface area (Å²) in [5.74, 6) is -0.545. The van der Waals surface area contributed by atoms with E-state index in [0.29, 0.717) is 31.9 Å². The van der Waals surface area contributed by atoms with E-state index in [2.05, 4.69) is 14.9 Å². The van der Waals surface area contributed by atoms with Gasteiger partial charge in [-0.2, -0.15) is 9.03 Å². The number of methoxy groups -OCH3 is 1. The molecule has 3 aromatic rings. The van der Waals surface area contributed by atoms with Crippen LogP contribution < -0.4 is 14.8 Å². The largest absolute Gasteiger partial charge is 0.495 e. The average Bonchev–Trinajstić information content (AvgIpc) is 2.93. The Morgan fingerprint density at radius 2 is 1.60 bits per heavy atom. The monoisotopic (exact) mass is 606 g/mol. The predicted molar refractivity (Wildman–Crippen MR) is 154 cm³/mol. The van der Waals surface area contributed by atoms with E-state index in [0.717, 1.165) is 5.56 Å². The number of carbonyl (C=O) groups is 1. The van der Waals surface area contributed by atoms with E-state index in [4.69, 9.17) is 16.3 Å². The van der Waals surface area contributed by atoms with Gasteiger partial charge in [-0.05, 0) is 61.5 Å². The molecule has 1 saturated heterocycles. The minimum Gasteiger partial charge on any atom is -0.495 e. The zero-order chi connectivity index (χ0) is 28.9. The number of benzene rings is 3. The van der Waals surface area contributed by atoms with Crippen molar-refractivity contribution in [1.29, 1.82) is 0 Å². The Kier molecular flexibility index (Phi) is 9.49. The van der Waals surface area contributed by atoms with E-state index in [-0.39, 0.29) is 27.0 Å². The summed E-state index contributed by atoms with van der Waals surface area (Å²) in [5, 5.41) is 2.89. The first-order valence-electron chi connectivity index (χ1n) is 12.5. The van der Waals surface area contributed by atoms with Gasteiger partial charge < -0.3 is 15.0 Å². The van der Waals surface area contributed by atoms with Crippen LogP contribution in [0, 0.1) is 0 Å². The molecule has 40 heavy (non-hydrogen) atoms. The number of rotatable bonds is 10. The normalized spacial score (nSPS) is 15.9. The fourth-order valence-electron chi connectivity index (χ4n) is 4.27. The highest BCUT2D eigenvalue weighted by atomic mass is 35.5. The van der Waals surface area contributed by atoms with Gasteiger partial charge in [-0.15, -0.1) is 0 Å². The molecule has 4 rings (SSSR count). The summed E-state index contributed by atoms with van der Waals surface area (Å²) < 4.78 is 61.9. The highest BCUT2D eigenvalue weighted by Gasteiger charge is 2.30. The zero-order valence-electron chi connectivity index (χ0n) is 22.1. The Bertz CT molecular complexity index is 1540. The van der Waals surface area contributed by atoms with Crippen molar-refractivity contribution in [3.8, 4) is 5.75 Å². The molecule has 0 bridgehead atoms. The van der Waals surface area contributed by atoms with Crippen molar-refractivity contribution in [3.05, 3.63) is 83.4 Å². The number of hydrogen-bond donors (Lipinski definition) is 2. The third-order valence-electron chi connectivity index (χ3n) is 6.53. The summed E-state index contributed by atoms with van der Waals surface area (Å²) in [6.45, 7) is 2.09. The molecule has 1 aliphatic heterocycles. The highest BCUT2D eigenvalue weighted by molar-refractivity contribution is 7.89. The Hall–Kier alpha value is -3.00. The molecule has 0 aromatic heterocycles. The molecule has 10 nitrogen and oxygen atoms in total. The maximum Gasteiger partial charge on any atom is 0.245 e. The van der Waals surface area contributed by atoms with Gasteiger partial charge in [0.05, 0.1) is 12.0 Å². The minimum atomic E-state index is -4.23. The fourth-order valence-corrected chi connectivity index (χ4v) is 7.32. The second kappa shape index (κ2) is 12.7. The lowest BCUT2D eigenvalue weighted by atomic mass is 10.1. The molecule has 1 atom stereocenters. The lowest BCUT2D eigenvalue weighted by molar-refractivity contribution is -0.117. The van der Waals surface area contributed by atoms with Crippen LogP contribution in [-0.2, 0) is 31.3 Å². The van der Waals surface area contributed by atoms with E-state index in [1.165, 1.54) is 53.9 Å². The molecule has 0 saturated carbocycles. The predicted octanol–water partition coefficient (Wildman–Crippen LogP) is 2.81. The minimum absolute atomic E-state index is 0.0602. The SMILES string of the molecule is COc1ccc(Cl)cc1S(=O)(=O)N[C@H](Cc1ccccc1)C(=O)Nc1ccc(S(=O)(=O)N2CCN(C)CC2)cc1. The number of carbonyl (C=O) groups excluding carboxylic acids is 1. The van der Waals surface area contributed by atoms with Gasteiger partial charge in [0.1, 0.15) is 16.7 Å². The standard InChI is InChI=1S/C27H31ClN4O6S2/c1-31-14-16-32(17-15-31)40(36,37)23-11-9-22(10-12-23)29-27(33)24(18-20-6-4-3-5-7-20)30-39(34,35)26-19-21(28)8-13-25(26)38-2/h3-13,19,24,30H,14-18H2,1-2H3,(H,29,33)/t24-/m1/s1. The number of piperazine rings is 1. The molecule has 13 heteroatoms. The van der Waals surface area contributed by atoms with Crippen molar-refractivity contribution in [2.45, 2.75) is 22.3 Å². The molecular formula is C27H31ClN4O6S2. The molecular weight excluding hydrogens is 576 g/mol. The number of likely N-dealkylation sites (N-methyl/N-ethyl adjacent to an activating group) is 1. The third-order valence-corrected chi connectivity index (χ3v) is 10.2. The van der Waals surface area contributed by atoms with Crippen LogP contribution in [0.25, 0.3) is 0 Å². The van der Waals surface area contributed by atoms with Gasteiger partial charge in [0.25, 0.3) is 0 Å². The number of halogens is 1. The Balaban J connectivity index is 1.55. The van der Waals surface area contributed by atoms with Crippen LogP contribution in [0.3, 0.4) is 0 Å². The molecule has 1 amide bonds. The first-order chi connectivity index (χ1) is 19.0. The van der Waals surface area contributed by atoms with Crippen molar-refractivity contribution in [3.63, 3.8) is 0 Å². The molecule has 1 fully saturated rings. The van der Waals surface area contributed by atoms with Crippen molar-refractivity contribution in [2.24, 2.45) is 0 Å². The van der Waals surface area contributed by atoms with E-state index in [1.54, 1.807) is 24.3 Å². The number of anilines is 1. The van der Waals surface area contributed by atoms with E-state index in [1.807, 2.05) is 13.1 Å². The summed E-state index contributed by atoms with van der Waals surface area (Å²) in [6, 6.07) is 17.8. The Morgan fingerprint density at radius 1 is 0.950 bits per heavy atom. The Labute approximate surface area is 240 Å². The van der Waals surface area contributed by atoms with E-state index >= 15 is 0 Å². The van der Waals surface area contributed by atoms with Gasteiger partial charge in [-0.25, -0.2) is 16.8 Å². The van der Waals surface area contributed by atoms with Gasteiger partial charge in [0.15, 0.2) is 0 Å². The van der Waals surface area contributed by atoms with E-state index in [9.17, 15) is 21.6 Å². The smallest absolute Gasteiger partial charge is 0.245 e. The van der Waals surface area contributed by atoms with Gasteiger partial charge in [0, 0.05) is 36.9 Å². The lowest BCUT2D eigenvalue weighted by Crippen LogP contribution is -2.47. The van der Waals surface area contributed by atoms with Crippen molar-refractivity contribution in [1.82, 2.24) is 13.9 Å². The van der Waals surface area contributed by atoms with Crippen molar-refractivity contribution in [2.75, 3.05) is 45.7 Å².